The molecule has 3 unspecified atom stereocenters. The van der Waals surface area contributed by atoms with E-state index in [1.807, 2.05) is 121 Å². The number of hydrogen-bond acceptors (Lipinski definition) is 8. The molecule has 4 aromatic carbocycles. The van der Waals surface area contributed by atoms with Crippen LogP contribution in [0.2, 0.25) is 0 Å². The maximum absolute atomic E-state index is 13.8. The number of benzene rings is 4. The molecular weight excluding hydrogens is 596 g/mol. The van der Waals surface area contributed by atoms with E-state index < -0.39 is 48.7 Å². The lowest BCUT2D eigenvalue weighted by Crippen LogP contribution is -2.63. The van der Waals surface area contributed by atoms with E-state index in [9.17, 15) is 9.59 Å². The summed E-state index contributed by atoms with van der Waals surface area (Å²) in [5.74, 6) is -1.08. The van der Waals surface area contributed by atoms with Gasteiger partial charge in [0.15, 0.2) is 5.78 Å². The van der Waals surface area contributed by atoms with Gasteiger partial charge in [0.2, 0.25) is 0 Å². The van der Waals surface area contributed by atoms with Gasteiger partial charge < -0.3 is 28.4 Å². The lowest BCUT2D eigenvalue weighted by Gasteiger charge is -2.45. The number of hydrogen-bond donors (Lipinski definition) is 0. The number of ether oxygens (including phenoxy) is 6. The van der Waals surface area contributed by atoms with Crippen LogP contribution in [0.4, 0.5) is 0 Å². The number of carbonyl (C=O) groups is 2. The highest BCUT2D eigenvalue weighted by atomic mass is 16.6. The molecule has 4 aromatic rings. The molecule has 1 aliphatic heterocycles. The molecule has 1 saturated heterocycles. The van der Waals surface area contributed by atoms with Crippen molar-refractivity contribution in [3.63, 3.8) is 0 Å². The van der Waals surface area contributed by atoms with E-state index in [-0.39, 0.29) is 33.0 Å². The zero-order valence-electron chi connectivity index (χ0n) is 26.6. The van der Waals surface area contributed by atoms with Gasteiger partial charge in [0.05, 0.1) is 39.6 Å². The molecule has 8 nitrogen and oxygen atoms in total. The van der Waals surface area contributed by atoms with Crippen molar-refractivity contribution < 1.29 is 38.0 Å². The van der Waals surface area contributed by atoms with Crippen LogP contribution >= 0.6 is 0 Å². The van der Waals surface area contributed by atoms with E-state index in [0.29, 0.717) is 6.61 Å². The Balaban J connectivity index is 1.47. The highest BCUT2D eigenvalue weighted by Gasteiger charge is 2.51. The Morgan fingerprint density at radius 1 is 0.574 bits per heavy atom. The monoisotopic (exact) mass is 638 g/mol. The highest BCUT2D eigenvalue weighted by molar-refractivity contribution is 5.98. The summed E-state index contributed by atoms with van der Waals surface area (Å²) < 4.78 is 37.6. The predicted octanol–water partition coefficient (Wildman–Crippen LogP) is 6.25. The van der Waals surface area contributed by atoms with Gasteiger partial charge in [0.1, 0.15) is 36.9 Å². The van der Waals surface area contributed by atoms with Gasteiger partial charge in [-0.05, 0) is 29.2 Å². The summed E-state index contributed by atoms with van der Waals surface area (Å²) >= 11 is 0. The Hall–Kier alpha value is -4.18. The average molecular weight is 639 g/mol. The Kier molecular flexibility index (Phi) is 13.3. The van der Waals surface area contributed by atoms with Crippen molar-refractivity contribution in [3.05, 3.63) is 144 Å². The smallest absolute Gasteiger partial charge is 0.313 e. The molecule has 47 heavy (non-hydrogen) atoms. The van der Waals surface area contributed by atoms with Crippen molar-refractivity contribution >= 4 is 11.8 Å². The molecular formula is C39H42O8. The summed E-state index contributed by atoms with van der Waals surface area (Å²) in [5.41, 5.74) is 3.84. The van der Waals surface area contributed by atoms with Crippen molar-refractivity contribution in [2.45, 2.75) is 70.3 Å². The zero-order valence-corrected chi connectivity index (χ0v) is 26.6. The first-order valence-corrected chi connectivity index (χ1v) is 16.0. The lowest BCUT2D eigenvalue weighted by molar-refractivity contribution is -0.267. The van der Waals surface area contributed by atoms with Crippen molar-refractivity contribution in [2.24, 2.45) is 0 Å². The minimum absolute atomic E-state index is 0.119. The van der Waals surface area contributed by atoms with E-state index in [1.165, 1.54) is 0 Å². The molecule has 0 aromatic heterocycles. The topological polar surface area (TPSA) is 89.5 Å². The van der Waals surface area contributed by atoms with Crippen LogP contribution in [0.5, 0.6) is 0 Å². The molecule has 0 aliphatic carbocycles. The second-order valence-electron chi connectivity index (χ2n) is 11.3. The fourth-order valence-electron chi connectivity index (χ4n) is 5.50. The molecule has 0 amide bonds. The van der Waals surface area contributed by atoms with Crippen molar-refractivity contribution in [1.82, 2.24) is 0 Å². The Morgan fingerprint density at radius 2 is 1.00 bits per heavy atom. The second kappa shape index (κ2) is 18.2. The van der Waals surface area contributed by atoms with Crippen LogP contribution in [-0.2, 0) is 64.4 Å². The number of carbonyl (C=O) groups excluding carboxylic acids is 2. The summed E-state index contributed by atoms with van der Waals surface area (Å²) in [5, 5.41) is 0. The Morgan fingerprint density at radius 3 is 1.47 bits per heavy atom. The lowest BCUT2D eigenvalue weighted by atomic mass is 9.91. The number of Topliss-reactive ketones (excluding diaryl/α,β-unsaturated/α-hetero) is 1. The van der Waals surface area contributed by atoms with Crippen LogP contribution in [0.3, 0.4) is 0 Å². The summed E-state index contributed by atoms with van der Waals surface area (Å²) in [7, 11) is 0. The fraction of sp³-hybridized carbons (Fsp3) is 0.333. The quantitative estimate of drug-likeness (QED) is 0.0991. The van der Waals surface area contributed by atoms with Crippen LogP contribution in [0.15, 0.2) is 121 Å². The van der Waals surface area contributed by atoms with Crippen LogP contribution < -0.4 is 0 Å². The normalized spacial score (nSPS) is 20.8. The van der Waals surface area contributed by atoms with Gasteiger partial charge in [-0.1, -0.05) is 121 Å². The molecule has 5 atom stereocenters. The molecule has 0 bridgehead atoms. The standard InChI is InChI=1S/C39H42O8/c1-2-43-35(41)23-33(40)36-38(45-26-31-19-11-5-12-20-31)39(46-27-32-21-13-6-14-22-32)37(44-25-30-17-9-4-10-18-30)34(47-36)28-42-24-29-15-7-3-8-16-29/h3-22,34,36-39H,2,23-28H2,1H3/t34?,36-,37+,38?,39?/m1/s1. The molecule has 5 rings (SSSR count). The number of ketones is 1. The third-order valence-corrected chi connectivity index (χ3v) is 7.82. The Labute approximate surface area is 276 Å². The molecule has 1 heterocycles. The van der Waals surface area contributed by atoms with Crippen LogP contribution in [-0.4, -0.2) is 55.5 Å². The van der Waals surface area contributed by atoms with Crippen LogP contribution in [0.25, 0.3) is 0 Å². The van der Waals surface area contributed by atoms with Gasteiger partial charge >= 0.3 is 5.97 Å². The maximum Gasteiger partial charge on any atom is 0.313 e. The van der Waals surface area contributed by atoms with Gasteiger partial charge in [-0.15, -0.1) is 0 Å². The molecule has 0 saturated carbocycles. The first-order valence-electron chi connectivity index (χ1n) is 16.0. The molecule has 0 N–H and O–H groups in total. The molecule has 1 fully saturated rings. The highest BCUT2D eigenvalue weighted by Crippen LogP contribution is 2.32. The average Bonchev–Trinajstić information content (AvgIpc) is 3.11. The summed E-state index contributed by atoms with van der Waals surface area (Å²) in [4.78, 5) is 26.3. The van der Waals surface area contributed by atoms with E-state index in [1.54, 1.807) is 6.92 Å². The van der Waals surface area contributed by atoms with Crippen molar-refractivity contribution in [2.75, 3.05) is 13.2 Å². The number of rotatable bonds is 17. The molecule has 1 aliphatic rings. The molecule has 246 valence electrons. The van der Waals surface area contributed by atoms with E-state index in [2.05, 4.69) is 0 Å². The van der Waals surface area contributed by atoms with E-state index in [4.69, 9.17) is 28.4 Å². The van der Waals surface area contributed by atoms with Gasteiger partial charge in [-0.3, -0.25) is 9.59 Å². The largest absolute Gasteiger partial charge is 0.466 e. The van der Waals surface area contributed by atoms with Crippen molar-refractivity contribution in [3.8, 4) is 0 Å². The maximum atomic E-state index is 13.8. The van der Waals surface area contributed by atoms with E-state index in [0.717, 1.165) is 22.3 Å². The van der Waals surface area contributed by atoms with E-state index >= 15 is 0 Å². The molecule has 0 radical (unpaired) electrons. The van der Waals surface area contributed by atoms with Crippen molar-refractivity contribution in [1.29, 1.82) is 0 Å². The minimum atomic E-state index is -1.13. The second-order valence-corrected chi connectivity index (χ2v) is 11.3. The number of esters is 1. The zero-order chi connectivity index (χ0) is 32.7. The summed E-state index contributed by atoms with van der Waals surface area (Å²) in [6.07, 6.45) is -4.63. The van der Waals surface area contributed by atoms with Gasteiger partial charge in [-0.25, -0.2) is 0 Å². The van der Waals surface area contributed by atoms with Gasteiger partial charge in [0, 0.05) is 0 Å². The Bertz CT molecular complexity index is 1480. The third-order valence-electron chi connectivity index (χ3n) is 7.82. The SMILES string of the molecule is CCOC(=O)CC(=O)[C@H]1OC(COCc2ccccc2)[C@H](OCc2ccccc2)C(OCc2ccccc2)C1OCc1ccccc1. The minimum Gasteiger partial charge on any atom is -0.466 e. The fourth-order valence-corrected chi connectivity index (χ4v) is 5.50. The molecule has 0 spiro atoms. The van der Waals surface area contributed by atoms with Gasteiger partial charge in [0.25, 0.3) is 0 Å². The molecule has 8 heteroatoms. The first kappa shape index (κ1) is 34.2. The first-order chi connectivity index (χ1) is 23.1. The van der Waals surface area contributed by atoms with Crippen LogP contribution in [0.1, 0.15) is 35.6 Å². The summed E-state index contributed by atoms with van der Waals surface area (Å²) in [6, 6.07) is 39.1. The predicted molar refractivity (Wildman–Crippen MR) is 176 cm³/mol. The summed E-state index contributed by atoms with van der Waals surface area (Å²) in [6.45, 7) is 3.06. The third kappa shape index (κ3) is 10.4. The van der Waals surface area contributed by atoms with Gasteiger partial charge in [-0.2, -0.15) is 0 Å². The van der Waals surface area contributed by atoms with Crippen LogP contribution in [0, 0.1) is 0 Å².